The summed E-state index contributed by atoms with van der Waals surface area (Å²) in [5.41, 5.74) is -0.130. The zero-order valence-corrected chi connectivity index (χ0v) is 13.0. The van der Waals surface area contributed by atoms with Gasteiger partial charge in [-0.15, -0.1) is 0 Å². The zero-order chi connectivity index (χ0) is 15.8. The van der Waals surface area contributed by atoms with E-state index >= 15 is 0 Å². The third-order valence-electron chi connectivity index (χ3n) is 4.62. The molecule has 0 radical (unpaired) electrons. The molecule has 22 heavy (non-hydrogen) atoms. The summed E-state index contributed by atoms with van der Waals surface area (Å²) >= 11 is 0. The predicted molar refractivity (Wildman–Crippen MR) is 79.1 cm³/mol. The van der Waals surface area contributed by atoms with E-state index in [1.165, 1.54) is 12.1 Å². The van der Waals surface area contributed by atoms with Crippen LogP contribution in [0.3, 0.4) is 0 Å². The van der Waals surface area contributed by atoms with Gasteiger partial charge in [-0.2, -0.15) is 0 Å². The lowest BCUT2D eigenvalue weighted by Gasteiger charge is -2.37. The molecular formula is C15H19FN2O3S. The van der Waals surface area contributed by atoms with Crippen molar-refractivity contribution in [3.05, 3.63) is 30.1 Å². The fraction of sp³-hybridized carbons (Fsp3) is 0.533. The molecule has 3 rings (SSSR count). The monoisotopic (exact) mass is 326 g/mol. The molecular weight excluding hydrogens is 307 g/mol. The minimum Gasteiger partial charge on any atom is -0.351 e. The van der Waals surface area contributed by atoms with Crippen molar-refractivity contribution in [2.45, 2.75) is 55.0 Å². The Morgan fingerprint density at radius 2 is 1.77 bits per heavy atom. The van der Waals surface area contributed by atoms with Crippen LogP contribution in [0.2, 0.25) is 0 Å². The molecule has 1 aromatic rings. The van der Waals surface area contributed by atoms with Crippen LogP contribution in [0.25, 0.3) is 0 Å². The van der Waals surface area contributed by atoms with Crippen molar-refractivity contribution < 1.29 is 17.6 Å². The fourth-order valence-corrected chi connectivity index (χ4v) is 4.64. The molecule has 5 nitrogen and oxygen atoms in total. The van der Waals surface area contributed by atoms with Gasteiger partial charge in [-0.3, -0.25) is 4.79 Å². The predicted octanol–water partition coefficient (Wildman–Crippen LogP) is 1.70. The van der Waals surface area contributed by atoms with Crippen LogP contribution in [-0.2, 0) is 14.8 Å². The van der Waals surface area contributed by atoms with Crippen molar-refractivity contribution in [2.24, 2.45) is 0 Å². The largest absolute Gasteiger partial charge is 0.351 e. The molecule has 1 amide bonds. The number of amides is 1. The first-order chi connectivity index (χ1) is 10.4. The van der Waals surface area contributed by atoms with Gasteiger partial charge in [0.1, 0.15) is 5.82 Å². The summed E-state index contributed by atoms with van der Waals surface area (Å²) in [5, 5.41) is 3.03. The maximum absolute atomic E-state index is 12.9. The number of halogens is 1. The molecule has 1 saturated heterocycles. The highest BCUT2D eigenvalue weighted by atomic mass is 32.2. The standard InChI is InChI=1S/C15H19FN2O3S/c16-11-1-3-13(4-2-11)22(20,21)18-12-5-8-15(9-6-12)10-7-14(19)17-15/h1-4,12,18H,5-10H2,(H,17,19). The second-order valence-corrected chi connectivity index (χ2v) is 7.89. The van der Waals surface area contributed by atoms with Gasteiger partial charge in [0, 0.05) is 18.0 Å². The Balaban J connectivity index is 1.62. The van der Waals surface area contributed by atoms with E-state index in [2.05, 4.69) is 10.0 Å². The summed E-state index contributed by atoms with van der Waals surface area (Å²) in [6.45, 7) is 0. The lowest BCUT2D eigenvalue weighted by Crippen LogP contribution is -2.48. The Morgan fingerprint density at radius 3 is 2.32 bits per heavy atom. The number of rotatable bonds is 3. The average Bonchev–Trinajstić information content (AvgIpc) is 2.83. The average molecular weight is 326 g/mol. The summed E-state index contributed by atoms with van der Waals surface area (Å²) in [6, 6.07) is 4.66. The van der Waals surface area contributed by atoms with E-state index in [1.807, 2.05) is 0 Å². The van der Waals surface area contributed by atoms with Crippen molar-refractivity contribution >= 4 is 15.9 Å². The van der Waals surface area contributed by atoms with Gasteiger partial charge < -0.3 is 5.32 Å². The Bertz CT molecular complexity index is 665. The minimum absolute atomic E-state index is 0.0726. The molecule has 1 aliphatic heterocycles. The van der Waals surface area contributed by atoms with Crippen LogP contribution < -0.4 is 10.0 Å². The number of nitrogens with one attached hydrogen (secondary N) is 2. The van der Waals surface area contributed by atoms with Crippen LogP contribution in [0.4, 0.5) is 4.39 Å². The Morgan fingerprint density at radius 1 is 1.14 bits per heavy atom. The second-order valence-electron chi connectivity index (χ2n) is 6.18. The number of carbonyl (C=O) groups excluding carboxylic acids is 1. The van der Waals surface area contributed by atoms with E-state index < -0.39 is 15.8 Å². The van der Waals surface area contributed by atoms with Gasteiger partial charge in [-0.25, -0.2) is 17.5 Å². The van der Waals surface area contributed by atoms with Crippen LogP contribution in [0.1, 0.15) is 38.5 Å². The van der Waals surface area contributed by atoms with E-state index in [-0.39, 0.29) is 22.4 Å². The van der Waals surface area contributed by atoms with Crippen molar-refractivity contribution in [2.75, 3.05) is 0 Å². The van der Waals surface area contributed by atoms with E-state index in [1.54, 1.807) is 0 Å². The topological polar surface area (TPSA) is 75.3 Å². The quantitative estimate of drug-likeness (QED) is 0.888. The molecule has 0 bridgehead atoms. The van der Waals surface area contributed by atoms with Crippen molar-refractivity contribution in [1.82, 2.24) is 10.0 Å². The van der Waals surface area contributed by atoms with Crippen molar-refractivity contribution in [3.63, 3.8) is 0 Å². The molecule has 0 unspecified atom stereocenters. The molecule has 1 saturated carbocycles. The molecule has 0 aromatic heterocycles. The molecule has 0 atom stereocenters. The van der Waals surface area contributed by atoms with E-state index in [0.29, 0.717) is 19.3 Å². The zero-order valence-electron chi connectivity index (χ0n) is 12.1. The van der Waals surface area contributed by atoms with Gasteiger partial charge in [-0.1, -0.05) is 0 Å². The molecule has 1 aliphatic carbocycles. The highest BCUT2D eigenvalue weighted by molar-refractivity contribution is 7.89. The number of carbonyl (C=O) groups is 1. The van der Waals surface area contributed by atoms with Crippen LogP contribution in [0, 0.1) is 5.82 Å². The lowest BCUT2D eigenvalue weighted by atomic mass is 9.79. The SMILES string of the molecule is O=C1CCC2(CCC(NS(=O)(=O)c3ccc(F)cc3)CC2)N1. The third kappa shape index (κ3) is 3.15. The summed E-state index contributed by atoms with van der Waals surface area (Å²) in [4.78, 5) is 11.5. The number of sulfonamides is 1. The highest BCUT2D eigenvalue weighted by Crippen LogP contribution is 2.35. The van der Waals surface area contributed by atoms with Crippen molar-refractivity contribution in [3.8, 4) is 0 Å². The van der Waals surface area contributed by atoms with E-state index in [9.17, 15) is 17.6 Å². The second kappa shape index (κ2) is 5.62. The molecule has 1 spiro atoms. The van der Waals surface area contributed by atoms with Crippen LogP contribution in [0.5, 0.6) is 0 Å². The summed E-state index contributed by atoms with van der Waals surface area (Å²) in [5.74, 6) is -0.374. The minimum atomic E-state index is -3.63. The van der Waals surface area contributed by atoms with Gasteiger partial charge >= 0.3 is 0 Å². The molecule has 2 aliphatic rings. The number of hydrogen-bond donors (Lipinski definition) is 2. The van der Waals surface area contributed by atoms with E-state index in [0.717, 1.165) is 31.4 Å². The fourth-order valence-electron chi connectivity index (χ4n) is 3.34. The normalized spacial score (nSPS) is 28.8. The first-order valence-electron chi connectivity index (χ1n) is 7.48. The molecule has 2 N–H and O–H groups in total. The molecule has 2 fully saturated rings. The van der Waals surface area contributed by atoms with Gasteiger partial charge in [0.15, 0.2) is 0 Å². The molecule has 7 heteroatoms. The van der Waals surface area contributed by atoms with Crippen LogP contribution in [0.15, 0.2) is 29.2 Å². The van der Waals surface area contributed by atoms with Gasteiger partial charge in [0.05, 0.1) is 4.90 Å². The number of hydrogen-bond acceptors (Lipinski definition) is 3. The highest BCUT2D eigenvalue weighted by Gasteiger charge is 2.41. The molecule has 1 heterocycles. The summed E-state index contributed by atoms with van der Waals surface area (Å²) < 4.78 is 40.1. The third-order valence-corrected chi connectivity index (χ3v) is 6.16. The summed E-state index contributed by atoms with van der Waals surface area (Å²) in [7, 11) is -3.63. The Kier molecular flexibility index (Phi) is 3.94. The van der Waals surface area contributed by atoms with E-state index in [4.69, 9.17) is 0 Å². The number of benzene rings is 1. The molecule has 1 aromatic carbocycles. The molecule has 120 valence electrons. The summed E-state index contributed by atoms with van der Waals surface area (Å²) in [6.07, 6.45) is 4.36. The van der Waals surface area contributed by atoms with Crippen LogP contribution in [-0.4, -0.2) is 25.9 Å². The van der Waals surface area contributed by atoms with Crippen molar-refractivity contribution in [1.29, 1.82) is 0 Å². The maximum atomic E-state index is 12.9. The Hall–Kier alpha value is -1.47. The lowest BCUT2D eigenvalue weighted by molar-refractivity contribution is -0.120. The van der Waals surface area contributed by atoms with Gasteiger partial charge in [-0.05, 0) is 56.4 Å². The van der Waals surface area contributed by atoms with Gasteiger partial charge in [0.2, 0.25) is 15.9 Å². The Labute approximate surface area is 129 Å². The smallest absolute Gasteiger partial charge is 0.240 e. The van der Waals surface area contributed by atoms with Gasteiger partial charge in [0.25, 0.3) is 0 Å². The maximum Gasteiger partial charge on any atom is 0.240 e. The van der Waals surface area contributed by atoms with Crippen LogP contribution >= 0.6 is 0 Å². The first-order valence-corrected chi connectivity index (χ1v) is 8.96. The first kappa shape index (κ1) is 15.4.